The summed E-state index contributed by atoms with van der Waals surface area (Å²) in [6.07, 6.45) is 0.0270. The first kappa shape index (κ1) is 17.4. The van der Waals surface area contributed by atoms with Crippen molar-refractivity contribution in [2.24, 2.45) is 0 Å². The van der Waals surface area contributed by atoms with E-state index in [2.05, 4.69) is 5.32 Å². The average molecular weight is 324 g/mol. The Morgan fingerprint density at radius 3 is 2.61 bits per heavy atom. The molecular formula is C16H24N2O5. The van der Waals surface area contributed by atoms with Gasteiger partial charge in [0, 0.05) is 37.0 Å². The van der Waals surface area contributed by atoms with Crippen LogP contribution in [-0.4, -0.2) is 55.6 Å². The number of rotatable bonds is 7. The fourth-order valence-corrected chi connectivity index (χ4v) is 2.62. The molecule has 23 heavy (non-hydrogen) atoms. The van der Waals surface area contributed by atoms with Crippen molar-refractivity contribution in [2.75, 3.05) is 38.3 Å². The van der Waals surface area contributed by atoms with Crippen LogP contribution >= 0.6 is 0 Å². The number of aliphatic hydroxyl groups excluding tert-OH is 2. The van der Waals surface area contributed by atoms with E-state index in [1.807, 2.05) is 17.9 Å². The lowest BCUT2D eigenvalue weighted by molar-refractivity contribution is -0.127. The molecule has 0 fully saturated rings. The fourth-order valence-electron chi connectivity index (χ4n) is 2.62. The molecule has 0 saturated heterocycles. The van der Waals surface area contributed by atoms with E-state index >= 15 is 0 Å². The Kier molecular flexibility index (Phi) is 6.06. The van der Waals surface area contributed by atoms with E-state index in [9.17, 15) is 15.0 Å². The van der Waals surface area contributed by atoms with Gasteiger partial charge in [-0.2, -0.15) is 0 Å². The van der Waals surface area contributed by atoms with Gasteiger partial charge in [-0.3, -0.25) is 4.79 Å². The summed E-state index contributed by atoms with van der Waals surface area (Å²) in [7, 11) is 1.55. The van der Waals surface area contributed by atoms with Gasteiger partial charge in [0.2, 0.25) is 0 Å². The molecule has 3 N–H and O–H groups in total. The molecule has 0 bridgehead atoms. The number of nitrogens with zero attached hydrogens (tertiary/aromatic N) is 1. The highest BCUT2D eigenvalue weighted by Crippen LogP contribution is 2.38. The quantitative estimate of drug-likeness (QED) is 0.667. The first-order valence-electron chi connectivity index (χ1n) is 7.76. The van der Waals surface area contributed by atoms with Crippen LogP contribution in [0.3, 0.4) is 0 Å². The molecular weight excluding hydrogens is 300 g/mol. The molecule has 1 amide bonds. The van der Waals surface area contributed by atoms with Crippen molar-refractivity contribution in [3.8, 4) is 11.5 Å². The van der Waals surface area contributed by atoms with Gasteiger partial charge in [-0.25, -0.2) is 0 Å². The van der Waals surface area contributed by atoms with E-state index in [1.165, 1.54) is 0 Å². The van der Waals surface area contributed by atoms with E-state index in [-0.39, 0.29) is 19.1 Å². The van der Waals surface area contributed by atoms with Crippen LogP contribution in [0, 0.1) is 0 Å². The number of ether oxygens (including phenoxy) is 2. The van der Waals surface area contributed by atoms with Crippen LogP contribution in [0.1, 0.15) is 18.9 Å². The maximum absolute atomic E-state index is 12.0. The second-order valence-electron chi connectivity index (χ2n) is 5.30. The molecule has 0 spiro atoms. The van der Waals surface area contributed by atoms with Crippen LogP contribution in [-0.2, 0) is 11.3 Å². The van der Waals surface area contributed by atoms with Crippen molar-refractivity contribution in [3.63, 3.8) is 0 Å². The first-order chi connectivity index (χ1) is 11.1. The molecule has 0 aromatic heterocycles. The number of amides is 1. The molecule has 0 radical (unpaired) electrons. The van der Waals surface area contributed by atoms with Crippen LogP contribution in [0.2, 0.25) is 0 Å². The summed E-state index contributed by atoms with van der Waals surface area (Å²) < 4.78 is 11.3. The summed E-state index contributed by atoms with van der Waals surface area (Å²) in [6, 6.07) is 3.69. The van der Waals surface area contributed by atoms with Gasteiger partial charge < -0.3 is 29.9 Å². The van der Waals surface area contributed by atoms with E-state index in [1.54, 1.807) is 13.2 Å². The first-order valence-corrected chi connectivity index (χ1v) is 7.76. The summed E-state index contributed by atoms with van der Waals surface area (Å²) in [4.78, 5) is 13.8. The standard InChI is InChI=1S/C16H24N2O5/c1-3-13-16(21)17-10-11-8-12(18(4-6-19)5-7-20)9-14(22-2)15(11)23-13/h8-9,13,19-20H,3-7,10H2,1-2H3,(H,17,21). The number of hydrogen-bond donors (Lipinski definition) is 3. The highest BCUT2D eigenvalue weighted by Gasteiger charge is 2.27. The highest BCUT2D eigenvalue weighted by molar-refractivity contribution is 5.82. The number of benzene rings is 1. The Balaban J connectivity index is 2.41. The number of carbonyl (C=O) groups excluding carboxylic acids is 1. The van der Waals surface area contributed by atoms with E-state index in [0.717, 1.165) is 11.3 Å². The Labute approximate surface area is 135 Å². The van der Waals surface area contributed by atoms with Crippen LogP contribution in [0.25, 0.3) is 0 Å². The van der Waals surface area contributed by atoms with Crippen LogP contribution < -0.4 is 19.7 Å². The molecule has 1 aromatic rings. The number of methoxy groups -OCH3 is 1. The van der Waals surface area contributed by atoms with Crippen molar-refractivity contribution in [1.82, 2.24) is 5.32 Å². The van der Waals surface area contributed by atoms with Crippen LogP contribution in [0.5, 0.6) is 11.5 Å². The van der Waals surface area contributed by atoms with Gasteiger partial charge >= 0.3 is 0 Å². The predicted octanol–water partition coefficient (Wildman–Crippen LogP) is 0.273. The van der Waals surface area contributed by atoms with Gasteiger partial charge in [-0.05, 0) is 12.5 Å². The number of aliphatic hydroxyl groups is 2. The fraction of sp³-hybridized carbons (Fsp3) is 0.562. The zero-order valence-electron chi connectivity index (χ0n) is 13.5. The van der Waals surface area contributed by atoms with Crippen molar-refractivity contribution in [1.29, 1.82) is 0 Å². The summed E-state index contributed by atoms with van der Waals surface area (Å²) in [5.41, 5.74) is 1.61. The molecule has 1 unspecified atom stereocenters. The minimum absolute atomic E-state index is 0.0233. The van der Waals surface area contributed by atoms with E-state index < -0.39 is 6.10 Å². The topological polar surface area (TPSA) is 91.3 Å². The van der Waals surface area contributed by atoms with Crippen molar-refractivity contribution >= 4 is 11.6 Å². The second kappa shape index (κ2) is 8.03. The zero-order chi connectivity index (χ0) is 16.8. The predicted molar refractivity (Wildman–Crippen MR) is 85.9 cm³/mol. The third-order valence-corrected chi connectivity index (χ3v) is 3.82. The maximum Gasteiger partial charge on any atom is 0.261 e. The smallest absolute Gasteiger partial charge is 0.261 e. The number of nitrogens with one attached hydrogen (secondary N) is 1. The molecule has 128 valence electrons. The zero-order valence-corrected chi connectivity index (χ0v) is 13.5. The minimum Gasteiger partial charge on any atom is -0.493 e. The number of anilines is 1. The van der Waals surface area contributed by atoms with Crippen LogP contribution in [0.4, 0.5) is 5.69 Å². The lowest BCUT2D eigenvalue weighted by Crippen LogP contribution is -2.35. The summed E-state index contributed by atoms with van der Waals surface area (Å²) in [6.45, 7) is 2.98. The van der Waals surface area contributed by atoms with Crippen molar-refractivity contribution in [3.05, 3.63) is 17.7 Å². The lowest BCUT2D eigenvalue weighted by Gasteiger charge is -2.25. The van der Waals surface area contributed by atoms with Gasteiger partial charge in [-0.1, -0.05) is 6.92 Å². The molecule has 7 heteroatoms. The third kappa shape index (κ3) is 3.86. The Morgan fingerprint density at radius 2 is 2.04 bits per heavy atom. The molecule has 1 aliphatic rings. The summed E-state index contributed by atoms with van der Waals surface area (Å²) >= 11 is 0. The molecule has 0 saturated carbocycles. The molecule has 0 aliphatic carbocycles. The SMILES string of the molecule is CCC1Oc2c(cc(N(CCO)CCO)cc2OC)CNC1=O. The van der Waals surface area contributed by atoms with Gasteiger partial charge in [-0.15, -0.1) is 0 Å². The molecule has 7 nitrogen and oxygen atoms in total. The van der Waals surface area contributed by atoms with Gasteiger partial charge in [0.05, 0.1) is 20.3 Å². The molecule has 1 atom stereocenters. The monoisotopic (exact) mass is 324 g/mol. The molecule has 2 rings (SSSR count). The Hall–Kier alpha value is -1.99. The summed E-state index contributed by atoms with van der Waals surface area (Å²) in [5, 5.41) is 21.2. The number of carbonyl (C=O) groups is 1. The Bertz CT molecular complexity index is 544. The molecule has 1 heterocycles. The Morgan fingerprint density at radius 1 is 1.35 bits per heavy atom. The minimum atomic E-state index is -0.540. The second-order valence-corrected chi connectivity index (χ2v) is 5.30. The normalized spacial score (nSPS) is 16.9. The number of fused-ring (bicyclic) bond motifs is 1. The maximum atomic E-state index is 12.0. The lowest BCUT2D eigenvalue weighted by atomic mass is 10.1. The largest absolute Gasteiger partial charge is 0.493 e. The van der Waals surface area contributed by atoms with Crippen LogP contribution in [0.15, 0.2) is 12.1 Å². The van der Waals surface area contributed by atoms with E-state index in [0.29, 0.717) is 37.6 Å². The average Bonchev–Trinajstić information content (AvgIpc) is 2.72. The van der Waals surface area contributed by atoms with Crippen molar-refractivity contribution in [2.45, 2.75) is 26.0 Å². The van der Waals surface area contributed by atoms with Crippen molar-refractivity contribution < 1.29 is 24.5 Å². The number of hydrogen-bond acceptors (Lipinski definition) is 6. The highest BCUT2D eigenvalue weighted by atomic mass is 16.5. The van der Waals surface area contributed by atoms with E-state index in [4.69, 9.17) is 9.47 Å². The van der Waals surface area contributed by atoms with Gasteiger partial charge in [0.15, 0.2) is 17.6 Å². The third-order valence-electron chi connectivity index (χ3n) is 3.82. The summed E-state index contributed by atoms with van der Waals surface area (Å²) in [5.74, 6) is 0.956. The van der Waals surface area contributed by atoms with Gasteiger partial charge in [0.25, 0.3) is 5.91 Å². The molecule has 1 aromatic carbocycles. The van der Waals surface area contributed by atoms with Gasteiger partial charge in [0.1, 0.15) is 0 Å². The molecule has 1 aliphatic heterocycles.